The maximum Gasteiger partial charge on any atom is 0.152 e. The van der Waals surface area contributed by atoms with Crippen molar-refractivity contribution in [3.05, 3.63) is 24.3 Å². The number of hydrogen-bond acceptors (Lipinski definition) is 4. The van der Waals surface area contributed by atoms with Crippen LogP contribution < -0.4 is 10.1 Å². The number of anilines is 1. The lowest BCUT2D eigenvalue weighted by Gasteiger charge is -2.17. The van der Waals surface area contributed by atoms with Gasteiger partial charge in [0.2, 0.25) is 0 Å². The highest BCUT2D eigenvalue weighted by molar-refractivity contribution is 7.91. The average Bonchev–Trinajstić information content (AvgIpc) is 2.67. The lowest BCUT2D eigenvalue weighted by molar-refractivity contribution is 0.272. The fourth-order valence-electron chi connectivity index (χ4n) is 2.10. The van der Waals surface area contributed by atoms with E-state index in [0.29, 0.717) is 18.9 Å². The number of para-hydroxylation sites is 2. The van der Waals surface area contributed by atoms with E-state index in [-0.39, 0.29) is 17.5 Å². The molecule has 1 fully saturated rings. The molecule has 1 aromatic rings. The van der Waals surface area contributed by atoms with Gasteiger partial charge in [0.15, 0.2) is 9.84 Å². The zero-order chi connectivity index (χ0) is 13.9. The molecule has 0 saturated carbocycles. The van der Waals surface area contributed by atoms with Crippen molar-refractivity contribution in [3.63, 3.8) is 0 Å². The molecule has 2 rings (SSSR count). The minimum atomic E-state index is -2.86. The van der Waals surface area contributed by atoms with E-state index in [4.69, 9.17) is 4.74 Å². The Morgan fingerprint density at radius 1 is 1.37 bits per heavy atom. The summed E-state index contributed by atoms with van der Waals surface area (Å²) in [6, 6.07) is 7.68. The highest BCUT2D eigenvalue weighted by Crippen LogP contribution is 2.27. The molecule has 106 valence electrons. The summed E-state index contributed by atoms with van der Waals surface area (Å²) in [6.07, 6.45) is 0.668. The Bertz CT molecular complexity index is 525. The summed E-state index contributed by atoms with van der Waals surface area (Å²) in [4.78, 5) is 0. The molecule has 1 aliphatic heterocycles. The second-order valence-corrected chi connectivity index (χ2v) is 7.67. The van der Waals surface area contributed by atoms with Crippen LogP contribution in [0.5, 0.6) is 5.75 Å². The van der Waals surface area contributed by atoms with Crippen LogP contribution in [0.3, 0.4) is 0 Å². The van der Waals surface area contributed by atoms with Gasteiger partial charge >= 0.3 is 0 Å². The first-order valence-electron chi connectivity index (χ1n) is 6.65. The van der Waals surface area contributed by atoms with Crippen molar-refractivity contribution in [1.29, 1.82) is 0 Å². The monoisotopic (exact) mass is 283 g/mol. The molecule has 19 heavy (non-hydrogen) atoms. The fourth-order valence-corrected chi connectivity index (χ4v) is 3.77. The molecular formula is C14H21NO3S. The number of sulfone groups is 1. The van der Waals surface area contributed by atoms with E-state index in [2.05, 4.69) is 19.2 Å². The number of rotatable bonds is 5. The van der Waals surface area contributed by atoms with Crippen molar-refractivity contribution >= 4 is 15.5 Å². The minimum absolute atomic E-state index is 0.00574. The summed E-state index contributed by atoms with van der Waals surface area (Å²) in [7, 11) is -2.86. The minimum Gasteiger partial charge on any atom is -0.491 e. The lowest BCUT2D eigenvalue weighted by Crippen LogP contribution is -2.21. The van der Waals surface area contributed by atoms with Crippen LogP contribution in [0.1, 0.15) is 20.3 Å². The van der Waals surface area contributed by atoms with E-state index in [0.717, 1.165) is 11.4 Å². The predicted molar refractivity (Wildman–Crippen MR) is 77.5 cm³/mol. The molecule has 1 aliphatic rings. The predicted octanol–water partition coefficient (Wildman–Crippen LogP) is 2.32. The van der Waals surface area contributed by atoms with E-state index in [1.54, 1.807) is 0 Å². The molecule has 0 amide bonds. The van der Waals surface area contributed by atoms with Crippen LogP contribution in [0, 0.1) is 5.92 Å². The highest BCUT2D eigenvalue weighted by Gasteiger charge is 2.28. The highest BCUT2D eigenvalue weighted by atomic mass is 32.2. The lowest BCUT2D eigenvalue weighted by atomic mass is 10.2. The fraction of sp³-hybridized carbons (Fsp3) is 0.571. The van der Waals surface area contributed by atoms with Gasteiger partial charge in [0.05, 0.1) is 23.8 Å². The summed E-state index contributed by atoms with van der Waals surface area (Å²) >= 11 is 0. The summed E-state index contributed by atoms with van der Waals surface area (Å²) in [5.74, 6) is 1.74. The SMILES string of the molecule is CC(C)COc1ccccc1NC1CCS(=O)(=O)C1. The maximum atomic E-state index is 11.5. The van der Waals surface area contributed by atoms with Crippen molar-refractivity contribution in [3.8, 4) is 5.75 Å². The van der Waals surface area contributed by atoms with Gasteiger partial charge in [-0.3, -0.25) is 0 Å². The van der Waals surface area contributed by atoms with Gasteiger partial charge < -0.3 is 10.1 Å². The summed E-state index contributed by atoms with van der Waals surface area (Å²) in [5.41, 5.74) is 0.880. The topological polar surface area (TPSA) is 55.4 Å². The van der Waals surface area contributed by atoms with Gasteiger partial charge in [0.25, 0.3) is 0 Å². The van der Waals surface area contributed by atoms with Gasteiger partial charge in [-0.1, -0.05) is 26.0 Å². The smallest absolute Gasteiger partial charge is 0.152 e. The molecule has 1 N–H and O–H groups in total. The maximum absolute atomic E-state index is 11.5. The Morgan fingerprint density at radius 2 is 2.11 bits per heavy atom. The number of benzene rings is 1. The normalized spacial score (nSPS) is 21.5. The Morgan fingerprint density at radius 3 is 2.74 bits per heavy atom. The van der Waals surface area contributed by atoms with Crippen LogP contribution in [0.4, 0.5) is 5.69 Å². The summed E-state index contributed by atoms with van der Waals surface area (Å²) in [5, 5.41) is 3.28. The van der Waals surface area contributed by atoms with Gasteiger partial charge in [-0.25, -0.2) is 8.42 Å². The molecule has 1 unspecified atom stereocenters. The van der Waals surface area contributed by atoms with Gasteiger partial charge in [0.1, 0.15) is 5.75 Å². The average molecular weight is 283 g/mol. The third-order valence-electron chi connectivity index (χ3n) is 3.05. The zero-order valence-corrected chi connectivity index (χ0v) is 12.2. The molecule has 0 aromatic heterocycles. The van der Waals surface area contributed by atoms with Crippen molar-refractivity contribution < 1.29 is 13.2 Å². The quantitative estimate of drug-likeness (QED) is 0.901. The molecule has 5 heteroatoms. The Labute approximate surface area is 115 Å². The molecule has 1 saturated heterocycles. The molecule has 1 aromatic carbocycles. The van der Waals surface area contributed by atoms with Gasteiger partial charge in [-0.05, 0) is 24.5 Å². The summed E-state index contributed by atoms with van der Waals surface area (Å²) in [6.45, 7) is 4.85. The molecule has 0 spiro atoms. The van der Waals surface area contributed by atoms with Crippen molar-refractivity contribution in [2.45, 2.75) is 26.3 Å². The number of hydrogen-bond donors (Lipinski definition) is 1. The van der Waals surface area contributed by atoms with Crippen LogP contribution in [-0.4, -0.2) is 32.6 Å². The van der Waals surface area contributed by atoms with Crippen molar-refractivity contribution in [2.75, 3.05) is 23.4 Å². The Hall–Kier alpha value is -1.23. The van der Waals surface area contributed by atoms with Gasteiger partial charge in [-0.15, -0.1) is 0 Å². The molecule has 0 radical (unpaired) electrons. The Kier molecular flexibility index (Phi) is 4.34. The van der Waals surface area contributed by atoms with Gasteiger partial charge in [-0.2, -0.15) is 0 Å². The first-order chi connectivity index (χ1) is 8.96. The molecule has 0 bridgehead atoms. The summed E-state index contributed by atoms with van der Waals surface area (Å²) < 4.78 is 28.7. The van der Waals surface area contributed by atoms with Crippen LogP contribution >= 0.6 is 0 Å². The van der Waals surface area contributed by atoms with E-state index < -0.39 is 9.84 Å². The van der Waals surface area contributed by atoms with E-state index >= 15 is 0 Å². The van der Waals surface area contributed by atoms with E-state index in [9.17, 15) is 8.42 Å². The van der Waals surface area contributed by atoms with Crippen LogP contribution in [0.15, 0.2) is 24.3 Å². The van der Waals surface area contributed by atoms with Crippen LogP contribution in [0.25, 0.3) is 0 Å². The van der Waals surface area contributed by atoms with Crippen LogP contribution in [0.2, 0.25) is 0 Å². The van der Waals surface area contributed by atoms with Gasteiger partial charge in [0, 0.05) is 6.04 Å². The largest absolute Gasteiger partial charge is 0.491 e. The Balaban J connectivity index is 2.04. The molecule has 0 aliphatic carbocycles. The molecule has 4 nitrogen and oxygen atoms in total. The second-order valence-electron chi connectivity index (χ2n) is 5.45. The van der Waals surface area contributed by atoms with Crippen molar-refractivity contribution in [1.82, 2.24) is 0 Å². The molecular weight excluding hydrogens is 262 g/mol. The third kappa shape index (κ3) is 4.13. The first-order valence-corrected chi connectivity index (χ1v) is 8.47. The van der Waals surface area contributed by atoms with Crippen molar-refractivity contribution in [2.24, 2.45) is 5.92 Å². The van der Waals surface area contributed by atoms with E-state index in [1.807, 2.05) is 24.3 Å². The zero-order valence-electron chi connectivity index (χ0n) is 11.4. The number of ether oxygens (including phenoxy) is 1. The second kappa shape index (κ2) is 5.82. The van der Waals surface area contributed by atoms with E-state index in [1.165, 1.54) is 0 Å². The third-order valence-corrected chi connectivity index (χ3v) is 4.82. The number of nitrogens with one attached hydrogen (secondary N) is 1. The molecule has 1 atom stereocenters. The van der Waals surface area contributed by atoms with Crippen LogP contribution in [-0.2, 0) is 9.84 Å². The molecule has 1 heterocycles. The first kappa shape index (κ1) is 14.2. The standard InChI is InChI=1S/C14H21NO3S/c1-11(2)9-18-14-6-4-3-5-13(14)15-12-7-8-19(16,17)10-12/h3-6,11-12,15H,7-10H2,1-2H3.